The predicted octanol–water partition coefficient (Wildman–Crippen LogP) is 0.478. The fourth-order valence-corrected chi connectivity index (χ4v) is 3.46. The Kier molecular flexibility index (Phi) is 5.97. The lowest BCUT2D eigenvalue weighted by Gasteiger charge is -2.23. The number of rotatable bonds is 6. The van der Waals surface area contributed by atoms with Gasteiger partial charge in [0.25, 0.3) is 5.91 Å². The molecular weight excluding hydrogens is 350 g/mol. The summed E-state index contributed by atoms with van der Waals surface area (Å²) in [5.41, 5.74) is 5.83. The maximum atomic E-state index is 12.3. The smallest absolute Gasteiger partial charge is 0.305 e. The summed E-state index contributed by atoms with van der Waals surface area (Å²) in [6.45, 7) is 1.11. The molecule has 1 saturated heterocycles. The molecule has 2 atom stereocenters. The minimum Gasteiger partial charge on any atom is -0.497 e. The lowest BCUT2D eigenvalue weighted by molar-refractivity contribution is -0.910. The van der Waals surface area contributed by atoms with Gasteiger partial charge in [0.2, 0.25) is 0 Å². The molecule has 8 nitrogen and oxygen atoms in total. The third kappa shape index (κ3) is 4.40. The lowest BCUT2D eigenvalue weighted by atomic mass is 10.0. The molecule has 0 aliphatic carbocycles. The van der Waals surface area contributed by atoms with Gasteiger partial charge in [-0.3, -0.25) is 20.4 Å². The average Bonchev–Trinajstić information content (AvgIpc) is 3.37. The van der Waals surface area contributed by atoms with Crippen LogP contribution in [-0.4, -0.2) is 39.1 Å². The first-order chi connectivity index (χ1) is 13.1. The summed E-state index contributed by atoms with van der Waals surface area (Å²) in [4.78, 5) is 25.2. The third-order valence-electron chi connectivity index (χ3n) is 4.74. The highest BCUT2D eigenvalue weighted by molar-refractivity contribution is 5.92. The van der Waals surface area contributed by atoms with Crippen molar-refractivity contribution in [3.05, 3.63) is 47.9 Å². The molecule has 1 aliphatic rings. The van der Waals surface area contributed by atoms with Crippen molar-refractivity contribution in [3.8, 4) is 11.5 Å². The summed E-state index contributed by atoms with van der Waals surface area (Å²) in [7, 11) is 3.26. The van der Waals surface area contributed by atoms with Crippen molar-refractivity contribution in [3.63, 3.8) is 0 Å². The first-order valence-electron chi connectivity index (χ1n) is 8.81. The van der Waals surface area contributed by atoms with Gasteiger partial charge in [0.15, 0.2) is 12.3 Å². The lowest BCUT2D eigenvalue weighted by Crippen LogP contribution is -3.11. The van der Waals surface area contributed by atoms with Gasteiger partial charge in [-0.05, 0) is 30.3 Å². The van der Waals surface area contributed by atoms with E-state index in [9.17, 15) is 9.59 Å². The number of likely N-dealkylation sites (tertiary alicyclic amines) is 1. The number of carbonyl (C=O) groups is 2. The van der Waals surface area contributed by atoms with Gasteiger partial charge in [0.1, 0.15) is 17.5 Å². The predicted molar refractivity (Wildman–Crippen MR) is 96.5 cm³/mol. The van der Waals surface area contributed by atoms with Crippen LogP contribution in [0.4, 0.5) is 0 Å². The van der Waals surface area contributed by atoms with Gasteiger partial charge in [-0.15, -0.1) is 0 Å². The largest absolute Gasteiger partial charge is 0.497 e. The Bertz CT molecular complexity index is 791. The van der Waals surface area contributed by atoms with E-state index in [4.69, 9.17) is 13.9 Å². The maximum absolute atomic E-state index is 12.3. The molecule has 2 heterocycles. The number of amides is 2. The zero-order chi connectivity index (χ0) is 19.2. The molecule has 1 unspecified atom stereocenters. The van der Waals surface area contributed by atoms with Crippen LogP contribution < -0.4 is 25.2 Å². The monoisotopic (exact) mass is 374 g/mol. The van der Waals surface area contributed by atoms with Crippen LogP contribution >= 0.6 is 0 Å². The summed E-state index contributed by atoms with van der Waals surface area (Å²) >= 11 is 0. The number of nitrogens with one attached hydrogen (secondary N) is 3. The fraction of sp³-hybridized carbons (Fsp3) is 0.368. The number of hydrazine groups is 1. The molecule has 2 amide bonds. The van der Waals surface area contributed by atoms with Gasteiger partial charge in [0.05, 0.1) is 32.6 Å². The van der Waals surface area contributed by atoms with Crippen LogP contribution in [0, 0.1) is 0 Å². The molecule has 0 spiro atoms. The van der Waals surface area contributed by atoms with Crippen LogP contribution in [0.25, 0.3) is 0 Å². The number of hydrogen-bond donors (Lipinski definition) is 3. The van der Waals surface area contributed by atoms with Crippen molar-refractivity contribution in [2.75, 3.05) is 27.3 Å². The molecule has 1 fully saturated rings. The Morgan fingerprint density at radius 1 is 1.22 bits per heavy atom. The van der Waals surface area contributed by atoms with Gasteiger partial charge in [-0.25, -0.2) is 0 Å². The number of carbonyl (C=O) groups excluding carboxylic acids is 2. The average molecular weight is 374 g/mol. The molecule has 1 aliphatic heterocycles. The SMILES string of the molecule is COc1ccc(OC)c([C@H]2CCC[NH+]2CC(=O)NNC(=O)c2ccco2)c1. The summed E-state index contributed by atoms with van der Waals surface area (Å²) in [6, 6.07) is 8.96. The quantitative estimate of drug-likeness (QED) is 0.640. The highest BCUT2D eigenvalue weighted by atomic mass is 16.5. The van der Waals surface area contributed by atoms with E-state index in [2.05, 4.69) is 10.9 Å². The summed E-state index contributed by atoms with van der Waals surface area (Å²) in [5.74, 6) is 0.927. The number of methoxy groups -OCH3 is 2. The Labute approximate surface area is 157 Å². The second kappa shape index (κ2) is 8.59. The van der Waals surface area contributed by atoms with Crippen LogP contribution in [0.1, 0.15) is 35.0 Å². The Hall–Kier alpha value is -3.00. The van der Waals surface area contributed by atoms with Crippen LogP contribution in [-0.2, 0) is 4.79 Å². The molecule has 3 N–H and O–H groups in total. The number of hydrogen-bond acceptors (Lipinski definition) is 5. The normalized spacial score (nSPS) is 18.7. The molecular formula is C19H24N3O5+. The van der Waals surface area contributed by atoms with Crippen molar-refractivity contribution < 1.29 is 28.4 Å². The first-order valence-corrected chi connectivity index (χ1v) is 8.81. The molecule has 1 aromatic heterocycles. The second-order valence-corrected chi connectivity index (χ2v) is 6.37. The van der Waals surface area contributed by atoms with Crippen molar-refractivity contribution in [2.45, 2.75) is 18.9 Å². The maximum Gasteiger partial charge on any atom is 0.305 e. The highest BCUT2D eigenvalue weighted by Crippen LogP contribution is 2.31. The van der Waals surface area contributed by atoms with E-state index in [0.717, 1.165) is 41.3 Å². The van der Waals surface area contributed by atoms with Crippen LogP contribution in [0.5, 0.6) is 11.5 Å². The van der Waals surface area contributed by atoms with E-state index in [1.54, 1.807) is 20.3 Å². The zero-order valence-corrected chi connectivity index (χ0v) is 15.4. The molecule has 0 radical (unpaired) electrons. The molecule has 1 aromatic carbocycles. The Morgan fingerprint density at radius 2 is 2.07 bits per heavy atom. The van der Waals surface area contributed by atoms with E-state index in [0.29, 0.717) is 0 Å². The molecule has 3 rings (SSSR count). The van der Waals surface area contributed by atoms with Crippen molar-refractivity contribution in [1.29, 1.82) is 0 Å². The van der Waals surface area contributed by atoms with E-state index < -0.39 is 5.91 Å². The zero-order valence-electron chi connectivity index (χ0n) is 15.4. The topological polar surface area (TPSA) is 94.2 Å². The van der Waals surface area contributed by atoms with Crippen molar-refractivity contribution >= 4 is 11.8 Å². The summed E-state index contributed by atoms with van der Waals surface area (Å²) in [5, 5.41) is 0. The van der Waals surface area contributed by atoms with E-state index in [1.807, 2.05) is 18.2 Å². The number of benzene rings is 1. The van der Waals surface area contributed by atoms with Gasteiger partial charge < -0.3 is 18.8 Å². The minimum absolute atomic E-state index is 0.126. The molecule has 2 aromatic rings. The summed E-state index contributed by atoms with van der Waals surface area (Å²) in [6.07, 6.45) is 3.36. The third-order valence-corrected chi connectivity index (χ3v) is 4.74. The van der Waals surface area contributed by atoms with Crippen molar-refractivity contribution in [1.82, 2.24) is 10.9 Å². The standard InChI is InChI=1S/C19H23N3O5/c1-25-13-7-8-16(26-2)14(11-13)15-5-3-9-22(15)12-18(23)20-21-19(24)17-6-4-10-27-17/h4,6-8,10-11,15H,3,5,9,12H2,1-2H3,(H,20,23)(H,21,24)/p+1/t15-/m1/s1. The number of quaternary nitrogens is 1. The van der Waals surface area contributed by atoms with Gasteiger partial charge >= 0.3 is 5.91 Å². The van der Waals surface area contributed by atoms with Crippen LogP contribution in [0.15, 0.2) is 41.0 Å². The summed E-state index contributed by atoms with van der Waals surface area (Å²) < 4.78 is 15.8. The van der Waals surface area contributed by atoms with E-state index in [1.165, 1.54) is 12.3 Å². The molecule has 0 bridgehead atoms. The van der Waals surface area contributed by atoms with Crippen LogP contribution in [0.3, 0.4) is 0 Å². The van der Waals surface area contributed by atoms with Gasteiger partial charge in [-0.2, -0.15) is 0 Å². The Balaban J connectivity index is 1.63. The number of ether oxygens (including phenoxy) is 2. The molecule has 0 saturated carbocycles. The van der Waals surface area contributed by atoms with Crippen molar-refractivity contribution in [2.24, 2.45) is 0 Å². The molecule has 8 heteroatoms. The van der Waals surface area contributed by atoms with E-state index >= 15 is 0 Å². The van der Waals surface area contributed by atoms with Crippen LogP contribution in [0.2, 0.25) is 0 Å². The van der Waals surface area contributed by atoms with Gasteiger partial charge in [-0.1, -0.05) is 0 Å². The minimum atomic E-state index is -0.490. The number of furan rings is 1. The molecule has 144 valence electrons. The fourth-order valence-electron chi connectivity index (χ4n) is 3.46. The molecule has 27 heavy (non-hydrogen) atoms. The van der Waals surface area contributed by atoms with Gasteiger partial charge in [0, 0.05) is 12.8 Å². The first kappa shape index (κ1) is 18.8. The Morgan fingerprint density at radius 3 is 2.78 bits per heavy atom. The highest BCUT2D eigenvalue weighted by Gasteiger charge is 2.34. The van der Waals surface area contributed by atoms with E-state index in [-0.39, 0.29) is 24.3 Å². The second-order valence-electron chi connectivity index (χ2n) is 6.37.